The van der Waals surface area contributed by atoms with Gasteiger partial charge in [-0.25, -0.2) is 4.39 Å². The molecule has 0 aliphatic heterocycles. The van der Waals surface area contributed by atoms with Crippen molar-refractivity contribution in [2.24, 2.45) is 0 Å². The number of amides is 1. The van der Waals surface area contributed by atoms with Crippen LogP contribution in [0.25, 0.3) is 0 Å². The van der Waals surface area contributed by atoms with E-state index in [1.807, 2.05) is 0 Å². The summed E-state index contributed by atoms with van der Waals surface area (Å²) in [5.74, 6) is -1.22. The summed E-state index contributed by atoms with van der Waals surface area (Å²) in [7, 11) is 0. The molecule has 3 N–H and O–H groups in total. The number of carbonyl (C=O) groups is 1. The molecular formula is C11H12F4N2O2. The Morgan fingerprint density at radius 3 is 2.63 bits per heavy atom. The fourth-order valence-electron chi connectivity index (χ4n) is 1.19. The average Bonchev–Trinajstić information content (AvgIpc) is 2.27. The number of nitrogen functional groups attached to an aromatic ring is 1. The lowest BCUT2D eigenvalue weighted by molar-refractivity contribution is -0.147. The highest BCUT2D eigenvalue weighted by molar-refractivity contribution is 5.94. The molecule has 0 saturated heterocycles. The van der Waals surface area contributed by atoms with Gasteiger partial charge in [-0.1, -0.05) is 0 Å². The van der Waals surface area contributed by atoms with Crippen molar-refractivity contribution < 1.29 is 27.1 Å². The third kappa shape index (κ3) is 6.05. The van der Waals surface area contributed by atoms with Crippen molar-refractivity contribution in [3.8, 4) is 0 Å². The quantitative estimate of drug-likeness (QED) is 0.494. The van der Waals surface area contributed by atoms with Gasteiger partial charge in [-0.2, -0.15) is 13.2 Å². The van der Waals surface area contributed by atoms with Gasteiger partial charge in [0.05, 0.1) is 24.4 Å². The van der Waals surface area contributed by atoms with Gasteiger partial charge < -0.3 is 15.8 Å². The summed E-state index contributed by atoms with van der Waals surface area (Å²) in [6, 6.07) is 3.36. The zero-order valence-electron chi connectivity index (χ0n) is 9.76. The fourth-order valence-corrected chi connectivity index (χ4v) is 1.19. The van der Waals surface area contributed by atoms with Gasteiger partial charge >= 0.3 is 6.18 Å². The molecule has 4 nitrogen and oxygen atoms in total. The molecule has 0 heterocycles. The second kappa shape index (κ2) is 6.37. The average molecular weight is 280 g/mol. The van der Waals surface area contributed by atoms with Crippen molar-refractivity contribution in [2.45, 2.75) is 12.6 Å². The maximum atomic E-state index is 12.7. The summed E-state index contributed by atoms with van der Waals surface area (Å²) in [4.78, 5) is 11.3. The van der Waals surface area contributed by atoms with E-state index in [0.29, 0.717) is 0 Å². The van der Waals surface area contributed by atoms with Crippen LogP contribution >= 0.6 is 0 Å². The molecule has 0 aliphatic carbocycles. The Labute approximate surface area is 106 Å². The van der Waals surface area contributed by atoms with Gasteiger partial charge in [0, 0.05) is 0 Å². The summed E-state index contributed by atoms with van der Waals surface area (Å²) in [6.07, 6.45) is -5.45. The number of alkyl halides is 3. The number of nitrogens with one attached hydrogen (secondary N) is 1. The molecular weight excluding hydrogens is 268 g/mol. The van der Waals surface area contributed by atoms with Gasteiger partial charge in [-0.15, -0.1) is 0 Å². The van der Waals surface area contributed by atoms with E-state index in [9.17, 15) is 22.4 Å². The highest BCUT2D eigenvalue weighted by atomic mass is 19.4. The van der Waals surface area contributed by atoms with Crippen molar-refractivity contribution in [1.29, 1.82) is 0 Å². The minimum atomic E-state index is -4.32. The molecule has 1 aromatic rings. The maximum absolute atomic E-state index is 12.7. The van der Waals surface area contributed by atoms with E-state index in [4.69, 9.17) is 5.73 Å². The van der Waals surface area contributed by atoms with Crippen molar-refractivity contribution in [3.05, 3.63) is 24.0 Å². The lowest BCUT2D eigenvalue weighted by Gasteiger charge is -2.09. The van der Waals surface area contributed by atoms with Gasteiger partial charge in [-0.05, 0) is 18.2 Å². The third-order valence-corrected chi connectivity index (χ3v) is 2.05. The smallest absolute Gasteiger partial charge is 0.391 e. The Morgan fingerprint density at radius 1 is 1.37 bits per heavy atom. The van der Waals surface area contributed by atoms with E-state index in [1.54, 1.807) is 0 Å². The largest absolute Gasteiger partial charge is 0.397 e. The van der Waals surface area contributed by atoms with Crippen LogP contribution in [0.1, 0.15) is 6.42 Å². The number of hydrogen-bond donors (Lipinski definition) is 2. The predicted molar refractivity (Wildman–Crippen MR) is 60.9 cm³/mol. The first-order valence-electron chi connectivity index (χ1n) is 5.27. The summed E-state index contributed by atoms with van der Waals surface area (Å²) in [5, 5.41) is 2.30. The molecule has 1 amide bonds. The van der Waals surface area contributed by atoms with Gasteiger partial charge in [0.25, 0.3) is 0 Å². The molecule has 8 heteroatoms. The molecule has 0 aromatic heterocycles. The van der Waals surface area contributed by atoms with Crippen molar-refractivity contribution in [3.63, 3.8) is 0 Å². The summed E-state index contributed by atoms with van der Waals surface area (Å²) >= 11 is 0. The molecule has 0 fully saturated rings. The van der Waals surface area contributed by atoms with Crippen molar-refractivity contribution >= 4 is 17.3 Å². The maximum Gasteiger partial charge on any atom is 0.391 e. The molecule has 106 valence electrons. The van der Waals surface area contributed by atoms with Crippen LogP contribution in [0.3, 0.4) is 0 Å². The molecule has 0 atom stereocenters. The molecule has 0 bridgehead atoms. The number of benzene rings is 1. The van der Waals surface area contributed by atoms with Gasteiger partial charge in [-0.3, -0.25) is 4.79 Å². The van der Waals surface area contributed by atoms with Crippen LogP contribution < -0.4 is 11.1 Å². The Balaban J connectivity index is 2.35. The standard InChI is InChI=1S/C11H12F4N2O2/c12-7-1-2-9(8(16)5-7)17-10(18)6-19-4-3-11(13,14)15/h1-2,5H,3-4,6,16H2,(H,17,18). The Kier molecular flexibility index (Phi) is 5.11. The zero-order chi connectivity index (χ0) is 14.5. The SMILES string of the molecule is Nc1cc(F)ccc1NC(=O)COCCC(F)(F)F. The summed E-state index contributed by atoms with van der Waals surface area (Å²) in [5.41, 5.74) is 5.63. The number of hydrogen-bond acceptors (Lipinski definition) is 3. The minimum absolute atomic E-state index is 0.0173. The van der Waals surface area contributed by atoms with E-state index in [2.05, 4.69) is 10.1 Å². The third-order valence-electron chi connectivity index (χ3n) is 2.05. The predicted octanol–water partition coefficient (Wildman–Crippen LogP) is 2.32. The minimum Gasteiger partial charge on any atom is -0.397 e. The highest BCUT2D eigenvalue weighted by Crippen LogP contribution is 2.20. The van der Waals surface area contributed by atoms with E-state index in [-0.39, 0.29) is 11.4 Å². The number of carbonyl (C=O) groups excluding carboxylic acids is 1. The monoisotopic (exact) mass is 280 g/mol. The van der Waals surface area contributed by atoms with Crippen molar-refractivity contribution in [1.82, 2.24) is 0 Å². The molecule has 0 aliphatic rings. The number of anilines is 2. The lowest BCUT2D eigenvalue weighted by atomic mass is 10.2. The van der Waals surface area contributed by atoms with Gasteiger partial charge in [0.15, 0.2) is 0 Å². The first-order valence-corrected chi connectivity index (χ1v) is 5.27. The van der Waals surface area contributed by atoms with Crippen LogP contribution in [0.15, 0.2) is 18.2 Å². The van der Waals surface area contributed by atoms with Crippen molar-refractivity contribution in [2.75, 3.05) is 24.3 Å². The Bertz CT molecular complexity index is 449. The van der Waals surface area contributed by atoms with Crippen LogP contribution in [0.5, 0.6) is 0 Å². The van der Waals surface area contributed by atoms with Crippen LogP contribution in [0, 0.1) is 5.82 Å². The second-order valence-electron chi connectivity index (χ2n) is 3.70. The molecule has 19 heavy (non-hydrogen) atoms. The number of halogens is 4. The first-order chi connectivity index (χ1) is 8.78. The number of ether oxygens (including phenoxy) is 1. The van der Waals surface area contributed by atoms with Crippen LogP contribution in [-0.4, -0.2) is 25.3 Å². The lowest BCUT2D eigenvalue weighted by Crippen LogP contribution is -2.21. The Hall–Kier alpha value is -1.83. The van der Waals surface area contributed by atoms with E-state index >= 15 is 0 Å². The normalized spacial score (nSPS) is 11.4. The van der Waals surface area contributed by atoms with Crippen LogP contribution in [0.4, 0.5) is 28.9 Å². The molecule has 0 radical (unpaired) electrons. The van der Waals surface area contributed by atoms with Crippen LogP contribution in [0.2, 0.25) is 0 Å². The molecule has 0 unspecified atom stereocenters. The topological polar surface area (TPSA) is 64.3 Å². The number of nitrogens with two attached hydrogens (primary N) is 1. The molecule has 0 saturated carbocycles. The number of rotatable bonds is 5. The van der Waals surface area contributed by atoms with E-state index in [1.165, 1.54) is 6.07 Å². The summed E-state index contributed by atoms with van der Waals surface area (Å²) in [6.45, 7) is -1.14. The van der Waals surface area contributed by atoms with Gasteiger partial charge in [0.2, 0.25) is 5.91 Å². The molecule has 0 spiro atoms. The highest BCUT2D eigenvalue weighted by Gasteiger charge is 2.26. The first kappa shape index (κ1) is 15.2. The molecule has 1 rings (SSSR count). The van der Waals surface area contributed by atoms with Gasteiger partial charge in [0.1, 0.15) is 12.4 Å². The van der Waals surface area contributed by atoms with Crippen LogP contribution in [-0.2, 0) is 9.53 Å². The Morgan fingerprint density at radius 2 is 2.05 bits per heavy atom. The van der Waals surface area contributed by atoms with E-state index in [0.717, 1.165) is 12.1 Å². The molecule has 1 aromatic carbocycles. The zero-order valence-corrected chi connectivity index (χ0v) is 9.76. The summed E-state index contributed by atoms with van der Waals surface area (Å²) < 4.78 is 52.6. The fraction of sp³-hybridized carbons (Fsp3) is 0.364. The second-order valence-corrected chi connectivity index (χ2v) is 3.70. The van der Waals surface area contributed by atoms with E-state index < -0.39 is 37.5 Å².